The van der Waals surface area contributed by atoms with Crippen LogP contribution in [0.1, 0.15) is 36.5 Å². The Labute approximate surface area is 104 Å². The van der Waals surface area contributed by atoms with Gasteiger partial charge in [-0.25, -0.2) is 4.39 Å². The molecule has 3 heteroatoms. The van der Waals surface area contributed by atoms with E-state index in [1.54, 1.807) is 6.07 Å². The van der Waals surface area contributed by atoms with Gasteiger partial charge >= 0.3 is 0 Å². The van der Waals surface area contributed by atoms with Crippen LogP contribution in [0.2, 0.25) is 0 Å². The summed E-state index contributed by atoms with van der Waals surface area (Å²) >= 11 is 3.38. The van der Waals surface area contributed by atoms with Crippen molar-refractivity contribution in [1.29, 1.82) is 0 Å². The monoisotopic (exact) mass is 285 g/mol. The van der Waals surface area contributed by atoms with E-state index in [4.69, 9.17) is 5.73 Å². The number of rotatable bonds is 2. The highest BCUT2D eigenvalue weighted by Crippen LogP contribution is 2.54. The maximum Gasteiger partial charge on any atom is 0.137 e. The standard InChI is InChI=1S/C13H17BrFN/c1-7-6-10(15)12(14)11(8(7)2)13(4-5-13)9(3)16/h6,9H,4-5,16H2,1-3H3. The lowest BCUT2D eigenvalue weighted by Gasteiger charge is -2.25. The Bertz CT molecular complexity index is 410. The third kappa shape index (κ3) is 1.61. The third-order valence-corrected chi connectivity index (χ3v) is 4.67. The molecule has 0 amide bonds. The molecule has 2 N–H and O–H groups in total. The highest BCUT2D eigenvalue weighted by Gasteiger charge is 2.49. The zero-order valence-electron chi connectivity index (χ0n) is 9.90. The van der Waals surface area contributed by atoms with Crippen LogP contribution in [0.4, 0.5) is 4.39 Å². The average molecular weight is 286 g/mol. The van der Waals surface area contributed by atoms with Gasteiger partial charge < -0.3 is 5.73 Å². The van der Waals surface area contributed by atoms with Crippen LogP contribution in [0.25, 0.3) is 0 Å². The van der Waals surface area contributed by atoms with Gasteiger partial charge in [-0.05, 0) is 72.3 Å². The van der Waals surface area contributed by atoms with Gasteiger partial charge in [0.1, 0.15) is 5.82 Å². The van der Waals surface area contributed by atoms with Gasteiger partial charge in [-0.15, -0.1) is 0 Å². The van der Waals surface area contributed by atoms with Crippen LogP contribution in [0.15, 0.2) is 10.5 Å². The van der Waals surface area contributed by atoms with Gasteiger partial charge in [0.2, 0.25) is 0 Å². The predicted molar refractivity (Wildman–Crippen MR) is 68.1 cm³/mol. The number of hydrogen-bond acceptors (Lipinski definition) is 1. The molecule has 1 aliphatic rings. The Morgan fingerprint density at radius 1 is 1.44 bits per heavy atom. The fraction of sp³-hybridized carbons (Fsp3) is 0.538. The molecule has 2 rings (SSSR count). The molecule has 1 aromatic rings. The van der Waals surface area contributed by atoms with E-state index < -0.39 is 0 Å². The summed E-state index contributed by atoms with van der Waals surface area (Å²) in [5.41, 5.74) is 9.31. The molecule has 1 saturated carbocycles. The van der Waals surface area contributed by atoms with E-state index in [0.717, 1.165) is 24.0 Å². The third-order valence-electron chi connectivity index (χ3n) is 3.90. The van der Waals surface area contributed by atoms with E-state index in [1.807, 2.05) is 13.8 Å². The van der Waals surface area contributed by atoms with E-state index in [1.165, 1.54) is 5.56 Å². The Morgan fingerprint density at radius 3 is 2.44 bits per heavy atom. The predicted octanol–water partition coefficient (Wildman–Crippen LogP) is 3.58. The summed E-state index contributed by atoms with van der Waals surface area (Å²) in [5.74, 6) is -0.176. The Balaban J connectivity index is 2.65. The minimum absolute atomic E-state index is 0.00419. The molecule has 1 atom stereocenters. The van der Waals surface area contributed by atoms with Crippen molar-refractivity contribution in [2.24, 2.45) is 5.73 Å². The van der Waals surface area contributed by atoms with Crippen LogP contribution in [0, 0.1) is 19.7 Å². The first-order chi connectivity index (χ1) is 7.40. The molecule has 0 aromatic heterocycles. The molecule has 16 heavy (non-hydrogen) atoms. The topological polar surface area (TPSA) is 26.0 Å². The zero-order chi connectivity index (χ0) is 12.1. The van der Waals surface area contributed by atoms with Gasteiger partial charge in [0.25, 0.3) is 0 Å². The molecule has 1 nitrogen and oxygen atoms in total. The minimum Gasteiger partial charge on any atom is -0.327 e. The van der Waals surface area contributed by atoms with Crippen molar-refractivity contribution in [3.05, 3.63) is 33.0 Å². The smallest absolute Gasteiger partial charge is 0.137 e. The van der Waals surface area contributed by atoms with Crippen molar-refractivity contribution in [3.8, 4) is 0 Å². The Morgan fingerprint density at radius 2 is 2.00 bits per heavy atom. The number of nitrogens with two attached hydrogens (primary N) is 1. The lowest BCUT2D eigenvalue weighted by Crippen LogP contribution is -2.32. The first-order valence-electron chi connectivity index (χ1n) is 5.61. The van der Waals surface area contributed by atoms with Gasteiger partial charge in [-0.3, -0.25) is 0 Å². The van der Waals surface area contributed by atoms with Crippen molar-refractivity contribution in [2.75, 3.05) is 0 Å². The molecule has 1 fully saturated rings. The first kappa shape index (κ1) is 12.1. The molecule has 1 aliphatic carbocycles. The van der Waals surface area contributed by atoms with Gasteiger partial charge in [0.05, 0.1) is 4.47 Å². The number of aryl methyl sites for hydroxylation is 1. The summed E-state index contributed by atoms with van der Waals surface area (Å²) in [6.07, 6.45) is 2.12. The summed E-state index contributed by atoms with van der Waals surface area (Å²) in [6, 6.07) is 1.66. The number of hydrogen-bond donors (Lipinski definition) is 1. The summed E-state index contributed by atoms with van der Waals surface area (Å²) < 4.78 is 14.4. The maximum absolute atomic E-state index is 13.8. The highest BCUT2D eigenvalue weighted by atomic mass is 79.9. The second-order valence-electron chi connectivity index (χ2n) is 4.93. The molecule has 88 valence electrons. The van der Waals surface area contributed by atoms with Crippen molar-refractivity contribution in [2.45, 2.75) is 45.1 Å². The van der Waals surface area contributed by atoms with Crippen LogP contribution in [-0.4, -0.2) is 6.04 Å². The number of halogens is 2. The van der Waals surface area contributed by atoms with Crippen molar-refractivity contribution >= 4 is 15.9 Å². The fourth-order valence-corrected chi connectivity index (χ4v) is 3.31. The van der Waals surface area contributed by atoms with E-state index in [9.17, 15) is 4.39 Å². The van der Waals surface area contributed by atoms with Gasteiger partial charge in [0.15, 0.2) is 0 Å². The summed E-state index contributed by atoms with van der Waals surface area (Å²) in [6.45, 7) is 6.02. The quantitative estimate of drug-likeness (QED) is 0.883. The molecule has 0 saturated heterocycles. The fourth-order valence-electron chi connectivity index (χ4n) is 2.50. The number of benzene rings is 1. The van der Waals surface area contributed by atoms with Crippen LogP contribution in [0.3, 0.4) is 0 Å². The van der Waals surface area contributed by atoms with Crippen molar-refractivity contribution in [1.82, 2.24) is 0 Å². The molecule has 0 aliphatic heterocycles. The van der Waals surface area contributed by atoms with E-state index in [0.29, 0.717) is 4.47 Å². The first-order valence-corrected chi connectivity index (χ1v) is 6.40. The summed E-state index contributed by atoms with van der Waals surface area (Å²) in [5, 5.41) is 0. The molecule has 0 spiro atoms. The Hall–Kier alpha value is -0.410. The van der Waals surface area contributed by atoms with Crippen molar-refractivity contribution < 1.29 is 4.39 Å². The van der Waals surface area contributed by atoms with Crippen LogP contribution in [0.5, 0.6) is 0 Å². The average Bonchev–Trinajstić information content (AvgIpc) is 2.97. The molecular weight excluding hydrogens is 269 g/mol. The molecule has 0 bridgehead atoms. The Kier molecular flexibility index (Phi) is 2.87. The van der Waals surface area contributed by atoms with E-state index in [-0.39, 0.29) is 17.3 Å². The van der Waals surface area contributed by atoms with Crippen LogP contribution >= 0.6 is 15.9 Å². The molecule has 1 unspecified atom stereocenters. The second kappa shape index (κ2) is 3.81. The van der Waals surface area contributed by atoms with Gasteiger partial charge in [-0.1, -0.05) is 0 Å². The normalized spacial score (nSPS) is 19.6. The summed E-state index contributed by atoms with van der Waals surface area (Å²) in [7, 11) is 0. The van der Waals surface area contributed by atoms with Crippen LogP contribution < -0.4 is 5.73 Å². The van der Waals surface area contributed by atoms with Crippen LogP contribution in [-0.2, 0) is 5.41 Å². The van der Waals surface area contributed by atoms with Gasteiger partial charge in [0, 0.05) is 11.5 Å². The van der Waals surface area contributed by atoms with E-state index >= 15 is 0 Å². The molecular formula is C13H17BrFN. The molecule has 1 aromatic carbocycles. The second-order valence-corrected chi connectivity index (χ2v) is 5.73. The zero-order valence-corrected chi connectivity index (χ0v) is 11.5. The minimum atomic E-state index is -0.176. The summed E-state index contributed by atoms with van der Waals surface area (Å²) in [4.78, 5) is 0. The van der Waals surface area contributed by atoms with E-state index in [2.05, 4.69) is 22.9 Å². The molecule has 0 radical (unpaired) electrons. The lowest BCUT2D eigenvalue weighted by molar-refractivity contribution is 0.540. The van der Waals surface area contributed by atoms with Crippen molar-refractivity contribution in [3.63, 3.8) is 0 Å². The maximum atomic E-state index is 13.8. The molecule has 0 heterocycles. The largest absolute Gasteiger partial charge is 0.327 e. The highest BCUT2D eigenvalue weighted by molar-refractivity contribution is 9.10. The van der Waals surface area contributed by atoms with Gasteiger partial charge in [-0.2, -0.15) is 0 Å². The SMILES string of the molecule is Cc1cc(F)c(Br)c(C2(C(C)N)CC2)c1C. The lowest BCUT2D eigenvalue weighted by atomic mass is 9.85.